The standard InChI is InChI=1S/C11H16BrN3O/c1-15-6-5-10(14-15)11(16)13-9-4-2-3-8(9)7-12/h5-6,8-9H,2-4,7H2,1H3,(H,13,16). The van der Waals surface area contributed by atoms with Gasteiger partial charge in [-0.15, -0.1) is 0 Å². The number of halogens is 1. The summed E-state index contributed by atoms with van der Waals surface area (Å²) < 4.78 is 1.64. The summed E-state index contributed by atoms with van der Waals surface area (Å²) in [6.07, 6.45) is 5.25. The summed E-state index contributed by atoms with van der Waals surface area (Å²) in [5.74, 6) is 0.506. The molecule has 1 saturated carbocycles. The minimum Gasteiger partial charge on any atom is -0.348 e. The minimum atomic E-state index is -0.0570. The highest BCUT2D eigenvalue weighted by Crippen LogP contribution is 2.27. The van der Waals surface area contributed by atoms with E-state index >= 15 is 0 Å². The quantitative estimate of drug-likeness (QED) is 0.860. The van der Waals surface area contributed by atoms with Crippen LogP contribution in [0.2, 0.25) is 0 Å². The van der Waals surface area contributed by atoms with Crippen LogP contribution in [0.4, 0.5) is 0 Å². The molecule has 1 aliphatic carbocycles. The number of hydrogen-bond donors (Lipinski definition) is 1. The number of aromatic nitrogens is 2. The van der Waals surface area contributed by atoms with E-state index in [-0.39, 0.29) is 5.91 Å². The second kappa shape index (κ2) is 4.99. The third-order valence-corrected chi connectivity index (χ3v) is 3.95. The Morgan fingerprint density at radius 3 is 3.12 bits per heavy atom. The summed E-state index contributed by atoms with van der Waals surface area (Å²) in [6.45, 7) is 0. The van der Waals surface area contributed by atoms with Gasteiger partial charge in [-0.1, -0.05) is 22.4 Å². The Kier molecular flexibility index (Phi) is 3.63. The largest absolute Gasteiger partial charge is 0.348 e. The first-order chi connectivity index (χ1) is 7.70. The SMILES string of the molecule is Cn1ccc(C(=O)NC2CCCC2CBr)n1. The molecule has 0 bridgehead atoms. The zero-order valence-corrected chi connectivity index (χ0v) is 10.9. The molecule has 0 aromatic carbocycles. The monoisotopic (exact) mass is 285 g/mol. The summed E-state index contributed by atoms with van der Waals surface area (Å²) in [6, 6.07) is 2.04. The number of alkyl halides is 1. The van der Waals surface area contributed by atoms with Crippen LogP contribution in [0.15, 0.2) is 12.3 Å². The van der Waals surface area contributed by atoms with Gasteiger partial charge in [0.25, 0.3) is 5.91 Å². The lowest BCUT2D eigenvalue weighted by Crippen LogP contribution is -2.38. The lowest BCUT2D eigenvalue weighted by Gasteiger charge is -2.18. The molecule has 1 N–H and O–H groups in total. The number of nitrogens with zero attached hydrogens (tertiary/aromatic N) is 2. The predicted octanol–water partition coefficient (Wildman–Crippen LogP) is 1.71. The van der Waals surface area contributed by atoms with Crippen molar-refractivity contribution in [1.82, 2.24) is 15.1 Å². The minimum absolute atomic E-state index is 0.0570. The molecule has 5 heteroatoms. The van der Waals surface area contributed by atoms with Crippen LogP contribution in [0.1, 0.15) is 29.8 Å². The summed E-state index contributed by atoms with van der Waals surface area (Å²) in [7, 11) is 1.81. The molecule has 2 rings (SSSR count). The number of carbonyl (C=O) groups excluding carboxylic acids is 1. The zero-order valence-electron chi connectivity index (χ0n) is 9.32. The molecule has 4 nitrogen and oxygen atoms in total. The summed E-state index contributed by atoms with van der Waals surface area (Å²) in [5, 5.41) is 8.12. The van der Waals surface area contributed by atoms with E-state index in [9.17, 15) is 4.79 Å². The molecule has 1 fully saturated rings. The highest BCUT2D eigenvalue weighted by molar-refractivity contribution is 9.09. The lowest BCUT2D eigenvalue weighted by molar-refractivity contribution is 0.0924. The maximum absolute atomic E-state index is 11.9. The van der Waals surface area contributed by atoms with Crippen LogP contribution in [0.5, 0.6) is 0 Å². The Morgan fingerprint density at radius 2 is 2.50 bits per heavy atom. The Bertz CT molecular complexity index is 377. The highest BCUT2D eigenvalue weighted by Gasteiger charge is 2.28. The summed E-state index contributed by atoms with van der Waals surface area (Å²) in [5.41, 5.74) is 0.503. The first-order valence-electron chi connectivity index (χ1n) is 5.57. The molecule has 1 heterocycles. The number of rotatable bonds is 3. The highest BCUT2D eigenvalue weighted by atomic mass is 79.9. The van der Waals surface area contributed by atoms with Crippen molar-refractivity contribution in [1.29, 1.82) is 0 Å². The van der Waals surface area contributed by atoms with Crippen molar-refractivity contribution in [3.63, 3.8) is 0 Å². The average Bonchev–Trinajstić information content (AvgIpc) is 2.86. The van der Waals surface area contributed by atoms with Gasteiger partial charge in [0.15, 0.2) is 0 Å². The molecule has 1 aromatic heterocycles. The van der Waals surface area contributed by atoms with Gasteiger partial charge in [0.1, 0.15) is 5.69 Å². The van der Waals surface area contributed by atoms with Crippen molar-refractivity contribution in [2.75, 3.05) is 5.33 Å². The maximum atomic E-state index is 11.9. The zero-order chi connectivity index (χ0) is 11.5. The molecule has 1 aliphatic rings. The normalized spacial score (nSPS) is 24.6. The summed E-state index contributed by atoms with van der Waals surface area (Å²) >= 11 is 3.50. The van der Waals surface area contributed by atoms with Gasteiger partial charge in [-0.3, -0.25) is 9.48 Å². The van der Waals surface area contributed by atoms with Crippen LogP contribution in [-0.2, 0) is 7.05 Å². The van der Waals surface area contributed by atoms with Gasteiger partial charge in [-0.25, -0.2) is 0 Å². The van der Waals surface area contributed by atoms with Crippen LogP contribution >= 0.6 is 15.9 Å². The van der Waals surface area contributed by atoms with Gasteiger partial charge in [0.2, 0.25) is 0 Å². The Hall–Kier alpha value is -0.840. The third-order valence-electron chi connectivity index (χ3n) is 3.12. The van der Waals surface area contributed by atoms with Crippen LogP contribution in [0, 0.1) is 5.92 Å². The topological polar surface area (TPSA) is 46.9 Å². The van der Waals surface area contributed by atoms with Crippen LogP contribution < -0.4 is 5.32 Å². The number of hydrogen-bond acceptors (Lipinski definition) is 2. The van der Waals surface area contributed by atoms with Gasteiger partial charge in [0, 0.05) is 24.6 Å². The van der Waals surface area contributed by atoms with Crippen molar-refractivity contribution in [2.45, 2.75) is 25.3 Å². The Morgan fingerprint density at radius 1 is 1.69 bits per heavy atom. The second-order valence-corrected chi connectivity index (χ2v) is 4.95. The molecule has 0 radical (unpaired) electrons. The second-order valence-electron chi connectivity index (χ2n) is 4.30. The van der Waals surface area contributed by atoms with E-state index in [0.717, 1.165) is 11.8 Å². The average molecular weight is 286 g/mol. The number of nitrogens with one attached hydrogen (secondary N) is 1. The first-order valence-corrected chi connectivity index (χ1v) is 6.69. The molecular weight excluding hydrogens is 270 g/mol. The van der Waals surface area contributed by atoms with E-state index in [1.165, 1.54) is 12.8 Å². The number of amides is 1. The van der Waals surface area contributed by atoms with E-state index in [1.807, 2.05) is 7.05 Å². The van der Waals surface area contributed by atoms with E-state index in [0.29, 0.717) is 17.7 Å². The Labute approximate surface area is 104 Å². The predicted molar refractivity (Wildman–Crippen MR) is 65.6 cm³/mol. The van der Waals surface area contributed by atoms with Crippen LogP contribution in [-0.4, -0.2) is 27.1 Å². The molecular formula is C11H16BrN3O. The first kappa shape index (κ1) is 11.6. The van der Waals surface area contributed by atoms with Gasteiger partial charge >= 0.3 is 0 Å². The van der Waals surface area contributed by atoms with Gasteiger partial charge in [0.05, 0.1) is 0 Å². The van der Waals surface area contributed by atoms with Crippen molar-refractivity contribution >= 4 is 21.8 Å². The molecule has 1 amide bonds. The number of aryl methyl sites for hydroxylation is 1. The van der Waals surface area contributed by atoms with Crippen molar-refractivity contribution < 1.29 is 4.79 Å². The molecule has 2 atom stereocenters. The van der Waals surface area contributed by atoms with E-state index in [4.69, 9.17) is 0 Å². The smallest absolute Gasteiger partial charge is 0.272 e. The molecule has 16 heavy (non-hydrogen) atoms. The van der Waals surface area contributed by atoms with Crippen LogP contribution in [0.25, 0.3) is 0 Å². The molecule has 2 unspecified atom stereocenters. The fourth-order valence-corrected chi connectivity index (χ4v) is 2.97. The van der Waals surface area contributed by atoms with Crippen molar-refractivity contribution in [3.05, 3.63) is 18.0 Å². The molecule has 0 aliphatic heterocycles. The van der Waals surface area contributed by atoms with Gasteiger partial charge < -0.3 is 5.32 Å². The van der Waals surface area contributed by atoms with Gasteiger partial charge in [-0.05, 0) is 24.8 Å². The number of carbonyl (C=O) groups is 1. The summed E-state index contributed by atoms with van der Waals surface area (Å²) in [4.78, 5) is 11.9. The van der Waals surface area contributed by atoms with Gasteiger partial charge in [-0.2, -0.15) is 5.10 Å². The molecule has 88 valence electrons. The van der Waals surface area contributed by atoms with E-state index in [1.54, 1.807) is 16.9 Å². The fraction of sp³-hybridized carbons (Fsp3) is 0.636. The van der Waals surface area contributed by atoms with Crippen molar-refractivity contribution in [2.24, 2.45) is 13.0 Å². The van der Waals surface area contributed by atoms with Crippen molar-refractivity contribution in [3.8, 4) is 0 Å². The van der Waals surface area contributed by atoms with Crippen LogP contribution in [0.3, 0.4) is 0 Å². The fourth-order valence-electron chi connectivity index (χ4n) is 2.19. The third kappa shape index (κ3) is 2.45. The van der Waals surface area contributed by atoms with E-state index in [2.05, 4.69) is 26.3 Å². The molecule has 0 spiro atoms. The maximum Gasteiger partial charge on any atom is 0.272 e. The lowest BCUT2D eigenvalue weighted by atomic mass is 10.1. The molecule has 1 aromatic rings. The Balaban J connectivity index is 1.97. The van der Waals surface area contributed by atoms with E-state index < -0.39 is 0 Å². The molecule has 0 saturated heterocycles.